The number of carbonyl (C=O) groups excluding carboxylic acids is 2. The molecule has 2 aromatic rings. The summed E-state index contributed by atoms with van der Waals surface area (Å²) in [5.41, 5.74) is 0.105. The molecule has 0 bridgehead atoms. The molecule has 154 valence electrons. The van der Waals surface area contributed by atoms with Crippen molar-refractivity contribution in [2.24, 2.45) is 7.05 Å². The van der Waals surface area contributed by atoms with Gasteiger partial charge >= 0.3 is 0 Å². The van der Waals surface area contributed by atoms with E-state index in [-0.39, 0.29) is 35.8 Å². The molecule has 1 aliphatic heterocycles. The van der Waals surface area contributed by atoms with Crippen LogP contribution in [0.4, 0.5) is 4.39 Å². The Bertz CT molecular complexity index is 1070. The molecule has 0 atom stereocenters. The Morgan fingerprint density at radius 1 is 1.34 bits per heavy atom. The summed E-state index contributed by atoms with van der Waals surface area (Å²) < 4.78 is 14.5. The third-order valence-corrected chi connectivity index (χ3v) is 5.47. The molecule has 0 spiro atoms. The number of hydrogen-bond acceptors (Lipinski definition) is 4. The molecule has 0 saturated carbocycles. The first kappa shape index (κ1) is 20.9. The highest BCUT2D eigenvalue weighted by Gasteiger charge is 2.34. The van der Waals surface area contributed by atoms with Crippen molar-refractivity contribution in [3.8, 4) is 5.75 Å². The van der Waals surface area contributed by atoms with Gasteiger partial charge in [-0.15, -0.1) is 0 Å². The summed E-state index contributed by atoms with van der Waals surface area (Å²) >= 11 is 5.81. The fourth-order valence-corrected chi connectivity index (χ4v) is 3.62. The Morgan fingerprint density at radius 2 is 2.03 bits per heavy atom. The second-order valence-corrected chi connectivity index (χ2v) is 7.37. The molecular formula is C20H21ClFN3O4. The minimum absolute atomic E-state index is 0.0560. The van der Waals surface area contributed by atoms with Crippen LogP contribution in [0.3, 0.4) is 0 Å². The van der Waals surface area contributed by atoms with Gasteiger partial charge < -0.3 is 19.5 Å². The lowest BCUT2D eigenvalue weighted by atomic mass is 9.95. The van der Waals surface area contributed by atoms with Gasteiger partial charge in [-0.1, -0.05) is 17.7 Å². The van der Waals surface area contributed by atoms with Crippen LogP contribution in [0, 0.1) is 5.82 Å². The number of nitrogens with zero attached hydrogens (tertiary/aromatic N) is 3. The van der Waals surface area contributed by atoms with Gasteiger partial charge in [0, 0.05) is 39.3 Å². The highest BCUT2D eigenvalue weighted by Crippen LogP contribution is 2.29. The summed E-state index contributed by atoms with van der Waals surface area (Å²) in [7, 11) is 3.00. The number of pyridine rings is 1. The first-order valence-electron chi connectivity index (χ1n) is 9.10. The van der Waals surface area contributed by atoms with Crippen molar-refractivity contribution >= 4 is 23.4 Å². The summed E-state index contributed by atoms with van der Waals surface area (Å²) in [6, 6.07) is 4.15. The molecule has 0 saturated heterocycles. The number of halogens is 2. The maximum absolute atomic E-state index is 13.4. The standard InChI is InChI=1S/C20H21ClFN3O4/c1-4-23(2)19(28)16-12-7-8-25(10-11-5-6-14(22)13(21)9-11)18(27)15(12)17(26)20(29)24(16)3/h5-6,9,26H,4,7-8,10H2,1-3H3. The number of carbonyl (C=O) groups is 2. The van der Waals surface area contributed by atoms with E-state index < -0.39 is 28.9 Å². The van der Waals surface area contributed by atoms with E-state index in [0.29, 0.717) is 17.7 Å². The zero-order chi connectivity index (χ0) is 21.5. The molecule has 1 aliphatic rings. The van der Waals surface area contributed by atoms with Crippen LogP contribution in [0.1, 0.15) is 38.9 Å². The van der Waals surface area contributed by atoms with Gasteiger partial charge in [-0.3, -0.25) is 14.4 Å². The highest BCUT2D eigenvalue weighted by molar-refractivity contribution is 6.30. The van der Waals surface area contributed by atoms with Crippen molar-refractivity contribution < 1.29 is 19.1 Å². The molecule has 2 heterocycles. The number of aromatic nitrogens is 1. The van der Waals surface area contributed by atoms with E-state index in [9.17, 15) is 23.9 Å². The lowest BCUT2D eigenvalue weighted by Crippen LogP contribution is -2.42. The Hall–Kier alpha value is -2.87. The van der Waals surface area contributed by atoms with Gasteiger partial charge in [0.25, 0.3) is 17.4 Å². The minimum Gasteiger partial charge on any atom is -0.502 e. The fraction of sp³-hybridized carbons (Fsp3) is 0.350. The Balaban J connectivity index is 2.05. The van der Waals surface area contributed by atoms with E-state index in [2.05, 4.69) is 0 Å². The molecule has 3 rings (SSSR count). The molecule has 7 nitrogen and oxygen atoms in total. The average Bonchev–Trinajstić information content (AvgIpc) is 2.70. The monoisotopic (exact) mass is 421 g/mol. The molecule has 0 fully saturated rings. The van der Waals surface area contributed by atoms with Crippen LogP contribution in [0.2, 0.25) is 5.02 Å². The van der Waals surface area contributed by atoms with Crippen molar-refractivity contribution in [1.29, 1.82) is 0 Å². The third kappa shape index (κ3) is 3.60. The predicted molar refractivity (Wildman–Crippen MR) is 106 cm³/mol. The van der Waals surface area contributed by atoms with Crippen molar-refractivity contribution in [1.82, 2.24) is 14.4 Å². The molecule has 29 heavy (non-hydrogen) atoms. The van der Waals surface area contributed by atoms with Crippen molar-refractivity contribution in [3.05, 3.63) is 61.8 Å². The van der Waals surface area contributed by atoms with Gasteiger partial charge in [0.2, 0.25) is 0 Å². The second-order valence-electron chi connectivity index (χ2n) is 6.96. The van der Waals surface area contributed by atoms with E-state index in [1.807, 2.05) is 0 Å². The van der Waals surface area contributed by atoms with Crippen molar-refractivity contribution in [2.75, 3.05) is 20.1 Å². The van der Waals surface area contributed by atoms with Crippen LogP contribution in [-0.2, 0) is 20.0 Å². The third-order valence-electron chi connectivity index (χ3n) is 5.18. The topological polar surface area (TPSA) is 82.9 Å². The van der Waals surface area contributed by atoms with E-state index in [1.54, 1.807) is 14.0 Å². The van der Waals surface area contributed by atoms with Crippen LogP contribution < -0.4 is 5.56 Å². The number of aromatic hydroxyl groups is 1. The second kappa shape index (κ2) is 7.87. The molecule has 1 N–H and O–H groups in total. The lowest BCUT2D eigenvalue weighted by molar-refractivity contribution is 0.0719. The summed E-state index contributed by atoms with van der Waals surface area (Å²) in [6.07, 6.45) is 0.288. The van der Waals surface area contributed by atoms with E-state index in [1.165, 1.54) is 35.0 Å². The van der Waals surface area contributed by atoms with Crippen LogP contribution in [0.5, 0.6) is 5.75 Å². The largest absolute Gasteiger partial charge is 0.502 e. The Labute approximate surface area is 171 Å². The number of fused-ring (bicyclic) bond motifs is 1. The fourth-order valence-electron chi connectivity index (χ4n) is 3.42. The van der Waals surface area contributed by atoms with Gasteiger partial charge in [-0.2, -0.15) is 0 Å². The molecule has 1 aromatic carbocycles. The van der Waals surface area contributed by atoms with E-state index in [0.717, 1.165) is 4.57 Å². The summed E-state index contributed by atoms with van der Waals surface area (Å²) in [6.45, 7) is 2.62. The predicted octanol–water partition coefficient (Wildman–Crippen LogP) is 2.17. The Morgan fingerprint density at radius 3 is 2.66 bits per heavy atom. The first-order valence-corrected chi connectivity index (χ1v) is 9.48. The molecule has 1 aromatic heterocycles. The summed E-state index contributed by atoms with van der Waals surface area (Å²) in [5, 5.41) is 10.3. The van der Waals surface area contributed by atoms with E-state index >= 15 is 0 Å². The maximum atomic E-state index is 13.4. The van der Waals surface area contributed by atoms with Crippen LogP contribution in [-0.4, -0.2) is 51.4 Å². The van der Waals surface area contributed by atoms with Crippen LogP contribution >= 0.6 is 11.6 Å². The quantitative estimate of drug-likeness (QED) is 0.820. The van der Waals surface area contributed by atoms with Gasteiger partial charge in [-0.05, 0) is 31.0 Å². The molecule has 0 radical (unpaired) electrons. The van der Waals surface area contributed by atoms with Crippen LogP contribution in [0.15, 0.2) is 23.0 Å². The molecule has 0 aliphatic carbocycles. The van der Waals surface area contributed by atoms with Crippen molar-refractivity contribution in [2.45, 2.75) is 19.9 Å². The smallest absolute Gasteiger partial charge is 0.293 e. The average molecular weight is 422 g/mol. The minimum atomic E-state index is -0.809. The summed E-state index contributed by atoms with van der Waals surface area (Å²) in [5.74, 6) is -2.19. The zero-order valence-corrected chi connectivity index (χ0v) is 17.1. The zero-order valence-electron chi connectivity index (χ0n) is 16.3. The van der Waals surface area contributed by atoms with Crippen LogP contribution in [0.25, 0.3) is 0 Å². The van der Waals surface area contributed by atoms with Gasteiger partial charge in [0.15, 0.2) is 5.75 Å². The normalized spacial score (nSPS) is 13.4. The number of rotatable bonds is 4. The maximum Gasteiger partial charge on any atom is 0.293 e. The first-order chi connectivity index (χ1) is 13.7. The molecular weight excluding hydrogens is 401 g/mol. The van der Waals surface area contributed by atoms with Gasteiger partial charge in [0.1, 0.15) is 11.5 Å². The number of amides is 2. The molecule has 2 amide bonds. The van der Waals surface area contributed by atoms with Crippen molar-refractivity contribution in [3.63, 3.8) is 0 Å². The number of hydrogen-bond donors (Lipinski definition) is 1. The SMILES string of the molecule is CCN(C)C(=O)c1c2c(c(O)c(=O)n1C)C(=O)N(Cc1ccc(F)c(Cl)c1)CC2. The highest BCUT2D eigenvalue weighted by atomic mass is 35.5. The molecule has 9 heteroatoms. The van der Waals surface area contributed by atoms with E-state index in [4.69, 9.17) is 11.6 Å². The van der Waals surface area contributed by atoms with Gasteiger partial charge in [0.05, 0.1) is 10.6 Å². The number of benzene rings is 1. The van der Waals surface area contributed by atoms with Gasteiger partial charge in [-0.25, -0.2) is 4.39 Å². The lowest BCUT2D eigenvalue weighted by Gasteiger charge is -2.31. The Kier molecular flexibility index (Phi) is 5.66. The molecule has 0 unspecified atom stereocenters. The summed E-state index contributed by atoms with van der Waals surface area (Å²) in [4.78, 5) is 41.2.